The van der Waals surface area contributed by atoms with E-state index in [1.54, 1.807) is 0 Å². The molecule has 110 valence electrons. The van der Waals surface area contributed by atoms with E-state index in [2.05, 4.69) is 19.2 Å². The molecule has 2 rings (SSSR count). The van der Waals surface area contributed by atoms with Crippen LogP contribution in [0.1, 0.15) is 58.8 Å². The van der Waals surface area contributed by atoms with Gasteiger partial charge in [0.25, 0.3) is 0 Å². The van der Waals surface area contributed by atoms with E-state index in [-0.39, 0.29) is 17.2 Å². The Bertz CT molecular complexity index is 314. The van der Waals surface area contributed by atoms with Gasteiger partial charge >= 0.3 is 0 Å². The summed E-state index contributed by atoms with van der Waals surface area (Å²) in [5.41, 5.74) is 5.98. The molecule has 0 aromatic heterocycles. The molecule has 3 nitrogen and oxygen atoms in total. The van der Waals surface area contributed by atoms with Crippen LogP contribution in [-0.4, -0.2) is 19.0 Å². The SMILES string of the molecule is CC1(C)CCCCC1C(=O)NCC1CCCC1CN. The zero-order valence-electron chi connectivity index (χ0n) is 12.6. The van der Waals surface area contributed by atoms with E-state index in [0.717, 1.165) is 19.5 Å². The fourth-order valence-corrected chi connectivity index (χ4v) is 4.03. The first-order valence-electron chi connectivity index (χ1n) is 8.02. The van der Waals surface area contributed by atoms with Gasteiger partial charge in [0.05, 0.1) is 0 Å². The van der Waals surface area contributed by atoms with Gasteiger partial charge in [-0.1, -0.05) is 33.1 Å². The molecule has 0 spiro atoms. The van der Waals surface area contributed by atoms with Crippen LogP contribution in [0.25, 0.3) is 0 Å². The van der Waals surface area contributed by atoms with Crippen LogP contribution in [0, 0.1) is 23.2 Å². The number of amides is 1. The Morgan fingerprint density at radius 1 is 1.16 bits per heavy atom. The van der Waals surface area contributed by atoms with E-state index in [0.29, 0.717) is 11.8 Å². The van der Waals surface area contributed by atoms with Crippen molar-refractivity contribution in [3.63, 3.8) is 0 Å². The largest absolute Gasteiger partial charge is 0.356 e. The average molecular weight is 266 g/mol. The molecule has 0 bridgehead atoms. The van der Waals surface area contributed by atoms with Crippen LogP contribution in [0.5, 0.6) is 0 Å². The Balaban J connectivity index is 1.83. The molecule has 2 saturated carbocycles. The Kier molecular flexibility index (Phi) is 4.88. The van der Waals surface area contributed by atoms with Crippen molar-refractivity contribution in [1.82, 2.24) is 5.32 Å². The highest BCUT2D eigenvalue weighted by Crippen LogP contribution is 2.40. The molecule has 0 radical (unpaired) electrons. The van der Waals surface area contributed by atoms with Crippen LogP contribution in [0.15, 0.2) is 0 Å². The van der Waals surface area contributed by atoms with Crippen molar-refractivity contribution in [3.8, 4) is 0 Å². The van der Waals surface area contributed by atoms with Crippen LogP contribution in [0.2, 0.25) is 0 Å². The zero-order valence-corrected chi connectivity index (χ0v) is 12.6. The van der Waals surface area contributed by atoms with Crippen molar-refractivity contribution >= 4 is 5.91 Å². The Labute approximate surface area is 117 Å². The van der Waals surface area contributed by atoms with E-state index in [1.165, 1.54) is 38.5 Å². The minimum absolute atomic E-state index is 0.172. The lowest BCUT2D eigenvalue weighted by molar-refractivity contribution is -0.130. The lowest BCUT2D eigenvalue weighted by atomic mass is 9.68. The average Bonchev–Trinajstić information content (AvgIpc) is 2.82. The maximum absolute atomic E-state index is 12.4. The van der Waals surface area contributed by atoms with Gasteiger partial charge in [0.1, 0.15) is 0 Å². The molecule has 3 heteroatoms. The van der Waals surface area contributed by atoms with Crippen molar-refractivity contribution < 1.29 is 4.79 Å². The van der Waals surface area contributed by atoms with Gasteiger partial charge in [-0.25, -0.2) is 0 Å². The molecule has 2 aliphatic carbocycles. The summed E-state index contributed by atoms with van der Waals surface area (Å²) < 4.78 is 0. The predicted molar refractivity (Wildman–Crippen MR) is 78.6 cm³/mol. The number of nitrogens with one attached hydrogen (secondary N) is 1. The first-order valence-corrected chi connectivity index (χ1v) is 8.02. The second kappa shape index (κ2) is 6.25. The fourth-order valence-electron chi connectivity index (χ4n) is 4.03. The van der Waals surface area contributed by atoms with E-state index < -0.39 is 0 Å². The molecule has 2 fully saturated rings. The van der Waals surface area contributed by atoms with Crippen molar-refractivity contribution in [2.24, 2.45) is 28.9 Å². The highest BCUT2D eigenvalue weighted by atomic mass is 16.1. The first-order chi connectivity index (χ1) is 9.04. The number of carbonyl (C=O) groups excluding carboxylic acids is 1. The smallest absolute Gasteiger partial charge is 0.223 e. The van der Waals surface area contributed by atoms with E-state index in [9.17, 15) is 4.79 Å². The van der Waals surface area contributed by atoms with Crippen molar-refractivity contribution in [3.05, 3.63) is 0 Å². The molecule has 3 atom stereocenters. The van der Waals surface area contributed by atoms with Gasteiger partial charge in [-0.2, -0.15) is 0 Å². The number of hydrogen-bond acceptors (Lipinski definition) is 2. The summed E-state index contributed by atoms with van der Waals surface area (Å²) in [4.78, 5) is 12.4. The maximum atomic E-state index is 12.4. The van der Waals surface area contributed by atoms with E-state index in [1.807, 2.05) is 0 Å². The summed E-state index contributed by atoms with van der Waals surface area (Å²) >= 11 is 0. The van der Waals surface area contributed by atoms with Crippen LogP contribution in [0.4, 0.5) is 0 Å². The number of rotatable bonds is 4. The molecule has 19 heavy (non-hydrogen) atoms. The molecule has 0 saturated heterocycles. The number of hydrogen-bond donors (Lipinski definition) is 2. The van der Waals surface area contributed by atoms with Gasteiger partial charge in [0, 0.05) is 12.5 Å². The van der Waals surface area contributed by atoms with Crippen LogP contribution < -0.4 is 11.1 Å². The first kappa shape index (κ1) is 14.8. The standard InChI is InChI=1S/C16H30N2O/c1-16(2)9-4-3-8-14(16)15(19)18-11-13-7-5-6-12(13)10-17/h12-14H,3-11,17H2,1-2H3,(H,18,19). The van der Waals surface area contributed by atoms with Gasteiger partial charge in [0.2, 0.25) is 5.91 Å². The molecule has 3 unspecified atom stereocenters. The number of carbonyl (C=O) groups is 1. The summed E-state index contributed by atoms with van der Waals surface area (Å²) in [6.07, 6.45) is 8.47. The second-order valence-electron chi connectivity index (χ2n) is 7.22. The van der Waals surface area contributed by atoms with Crippen molar-refractivity contribution in [1.29, 1.82) is 0 Å². The normalized spacial score (nSPS) is 34.2. The van der Waals surface area contributed by atoms with Crippen LogP contribution in [0.3, 0.4) is 0 Å². The van der Waals surface area contributed by atoms with Gasteiger partial charge in [0.15, 0.2) is 0 Å². The molecular formula is C16H30N2O. The molecule has 3 N–H and O–H groups in total. The maximum Gasteiger partial charge on any atom is 0.223 e. The molecule has 2 aliphatic rings. The fraction of sp³-hybridized carbons (Fsp3) is 0.938. The summed E-state index contributed by atoms with van der Waals surface area (Å²) in [5, 5.41) is 3.22. The summed E-state index contributed by atoms with van der Waals surface area (Å²) in [6, 6.07) is 0. The van der Waals surface area contributed by atoms with Crippen LogP contribution in [-0.2, 0) is 4.79 Å². The quantitative estimate of drug-likeness (QED) is 0.822. The lowest BCUT2D eigenvalue weighted by Crippen LogP contribution is -2.43. The second-order valence-corrected chi connectivity index (χ2v) is 7.22. The lowest BCUT2D eigenvalue weighted by Gasteiger charge is -2.37. The summed E-state index contributed by atoms with van der Waals surface area (Å²) in [5.74, 6) is 1.73. The van der Waals surface area contributed by atoms with Gasteiger partial charge in [-0.15, -0.1) is 0 Å². The number of nitrogens with two attached hydrogens (primary N) is 1. The monoisotopic (exact) mass is 266 g/mol. The summed E-state index contributed by atoms with van der Waals surface area (Å²) in [7, 11) is 0. The third-order valence-electron chi connectivity index (χ3n) is 5.48. The molecule has 0 aromatic carbocycles. The minimum Gasteiger partial charge on any atom is -0.356 e. The molecule has 0 aliphatic heterocycles. The Morgan fingerprint density at radius 3 is 2.58 bits per heavy atom. The van der Waals surface area contributed by atoms with Crippen LogP contribution >= 0.6 is 0 Å². The van der Waals surface area contributed by atoms with E-state index >= 15 is 0 Å². The van der Waals surface area contributed by atoms with Gasteiger partial charge in [-0.05, 0) is 49.5 Å². The molecule has 1 amide bonds. The van der Waals surface area contributed by atoms with Crippen molar-refractivity contribution in [2.75, 3.05) is 13.1 Å². The molecule has 0 aromatic rings. The highest BCUT2D eigenvalue weighted by Gasteiger charge is 2.37. The topological polar surface area (TPSA) is 55.1 Å². The van der Waals surface area contributed by atoms with Gasteiger partial charge in [-0.3, -0.25) is 4.79 Å². The Hall–Kier alpha value is -0.570. The zero-order chi connectivity index (χ0) is 13.9. The Morgan fingerprint density at radius 2 is 1.89 bits per heavy atom. The third-order valence-corrected chi connectivity index (χ3v) is 5.48. The van der Waals surface area contributed by atoms with E-state index in [4.69, 9.17) is 5.73 Å². The third kappa shape index (κ3) is 3.50. The minimum atomic E-state index is 0.172. The predicted octanol–water partition coefficient (Wildman–Crippen LogP) is 2.69. The van der Waals surface area contributed by atoms with Crippen molar-refractivity contribution in [2.45, 2.75) is 58.8 Å². The molecular weight excluding hydrogens is 236 g/mol. The highest BCUT2D eigenvalue weighted by molar-refractivity contribution is 5.79. The van der Waals surface area contributed by atoms with Gasteiger partial charge < -0.3 is 11.1 Å². The summed E-state index contributed by atoms with van der Waals surface area (Å²) in [6.45, 7) is 6.10. The molecule has 0 heterocycles.